The molecule has 0 aliphatic heterocycles. The number of carbonyl (C=O) groups is 1. The number of anilines is 1. The number of amides is 1. The van der Waals surface area contributed by atoms with Gasteiger partial charge >= 0.3 is 0 Å². The molecule has 88 valence electrons. The van der Waals surface area contributed by atoms with Crippen molar-refractivity contribution in [3.05, 3.63) is 27.1 Å². The Morgan fingerprint density at radius 1 is 1.31 bits per heavy atom. The molecule has 0 aliphatic rings. The molecular formula is C11H14Br2N2O. The van der Waals surface area contributed by atoms with E-state index >= 15 is 0 Å². The van der Waals surface area contributed by atoms with E-state index in [0.29, 0.717) is 5.69 Å². The summed E-state index contributed by atoms with van der Waals surface area (Å²) in [5.74, 6) is -0.0659. The lowest BCUT2D eigenvalue weighted by molar-refractivity contribution is -0.118. The van der Waals surface area contributed by atoms with Crippen LogP contribution in [-0.4, -0.2) is 11.9 Å². The van der Waals surface area contributed by atoms with Gasteiger partial charge in [0.15, 0.2) is 0 Å². The molecule has 1 aromatic carbocycles. The number of para-hydroxylation sites is 1. The molecule has 1 aromatic rings. The highest BCUT2D eigenvalue weighted by atomic mass is 79.9. The van der Waals surface area contributed by atoms with Gasteiger partial charge in [-0.2, -0.15) is 0 Å². The van der Waals surface area contributed by atoms with Crippen LogP contribution in [0.15, 0.2) is 27.1 Å². The Labute approximate surface area is 112 Å². The lowest BCUT2D eigenvalue weighted by Gasteiger charge is -2.16. The molecule has 0 heterocycles. The van der Waals surface area contributed by atoms with Crippen molar-refractivity contribution in [3.63, 3.8) is 0 Å². The fraction of sp³-hybridized carbons (Fsp3) is 0.364. The lowest BCUT2D eigenvalue weighted by Crippen LogP contribution is -2.39. The summed E-state index contributed by atoms with van der Waals surface area (Å²) in [4.78, 5) is 11.8. The highest BCUT2D eigenvalue weighted by molar-refractivity contribution is 9.11. The van der Waals surface area contributed by atoms with Crippen LogP contribution in [0.1, 0.15) is 13.8 Å². The van der Waals surface area contributed by atoms with Crippen molar-refractivity contribution in [2.45, 2.75) is 19.9 Å². The van der Waals surface area contributed by atoms with Crippen molar-refractivity contribution in [3.8, 4) is 0 Å². The van der Waals surface area contributed by atoms with Crippen LogP contribution in [0.5, 0.6) is 0 Å². The van der Waals surface area contributed by atoms with Gasteiger partial charge in [0.2, 0.25) is 5.91 Å². The largest absolute Gasteiger partial charge is 0.323 e. The first kappa shape index (κ1) is 13.7. The molecule has 3 N–H and O–H groups in total. The van der Waals surface area contributed by atoms with Gasteiger partial charge in [0.1, 0.15) is 0 Å². The first-order valence-electron chi connectivity index (χ1n) is 4.94. The van der Waals surface area contributed by atoms with Crippen molar-refractivity contribution in [1.29, 1.82) is 0 Å². The fourth-order valence-electron chi connectivity index (χ4n) is 1.13. The Balaban J connectivity index is 2.85. The van der Waals surface area contributed by atoms with E-state index < -0.39 is 6.04 Å². The first-order valence-corrected chi connectivity index (χ1v) is 6.52. The van der Waals surface area contributed by atoms with Gasteiger partial charge < -0.3 is 11.1 Å². The Hall–Kier alpha value is -0.390. The van der Waals surface area contributed by atoms with Gasteiger partial charge in [-0.05, 0) is 49.9 Å². The molecule has 0 saturated heterocycles. The van der Waals surface area contributed by atoms with Gasteiger partial charge in [-0.25, -0.2) is 0 Å². The highest BCUT2D eigenvalue weighted by Crippen LogP contribution is 2.30. The molecule has 0 fully saturated rings. The molecule has 0 saturated carbocycles. The quantitative estimate of drug-likeness (QED) is 0.880. The van der Waals surface area contributed by atoms with Crippen LogP contribution in [0, 0.1) is 5.92 Å². The molecule has 1 rings (SSSR count). The monoisotopic (exact) mass is 348 g/mol. The van der Waals surface area contributed by atoms with Gasteiger partial charge in [0.05, 0.1) is 11.7 Å². The standard InChI is InChI=1S/C11H14Br2N2O/c1-6(2)9(14)11(16)15-10-7(12)4-3-5-8(10)13/h3-6,9H,14H2,1-2H3,(H,15,16)/t9-/m0/s1. The van der Waals surface area contributed by atoms with E-state index in [1.165, 1.54) is 0 Å². The van der Waals surface area contributed by atoms with Crippen LogP contribution in [0.25, 0.3) is 0 Å². The lowest BCUT2D eigenvalue weighted by atomic mass is 10.1. The average molecular weight is 350 g/mol. The van der Waals surface area contributed by atoms with E-state index in [2.05, 4.69) is 37.2 Å². The number of hydrogen-bond acceptors (Lipinski definition) is 2. The molecule has 5 heteroatoms. The van der Waals surface area contributed by atoms with Crippen LogP contribution >= 0.6 is 31.9 Å². The molecular weight excluding hydrogens is 336 g/mol. The molecule has 1 atom stereocenters. The maximum absolute atomic E-state index is 11.8. The summed E-state index contributed by atoms with van der Waals surface area (Å²) in [6.07, 6.45) is 0. The second kappa shape index (κ2) is 5.80. The normalized spacial score (nSPS) is 12.6. The van der Waals surface area contributed by atoms with E-state index in [0.717, 1.165) is 8.95 Å². The van der Waals surface area contributed by atoms with Gasteiger partial charge in [0, 0.05) is 8.95 Å². The van der Waals surface area contributed by atoms with E-state index in [1.807, 2.05) is 32.0 Å². The number of halogens is 2. The zero-order valence-electron chi connectivity index (χ0n) is 9.13. The smallest absolute Gasteiger partial charge is 0.241 e. The van der Waals surface area contributed by atoms with Crippen molar-refractivity contribution in [2.75, 3.05) is 5.32 Å². The molecule has 1 amide bonds. The summed E-state index contributed by atoms with van der Waals surface area (Å²) >= 11 is 6.75. The number of hydrogen-bond donors (Lipinski definition) is 2. The second-order valence-corrected chi connectivity index (χ2v) is 5.56. The Kier molecular flexibility index (Phi) is 4.95. The number of carbonyl (C=O) groups excluding carboxylic acids is 1. The minimum Gasteiger partial charge on any atom is -0.323 e. The van der Waals surface area contributed by atoms with E-state index in [1.54, 1.807) is 0 Å². The van der Waals surface area contributed by atoms with Crippen LogP contribution in [-0.2, 0) is 4.79 Å². The zero-order chi connectivity index (χ0) is 12.3. The molecule has 0 aromatic heterocycles. The highest BCUT2D eigenvalue weighted by Gasteiger charge is 2.18. The predicted octanol–water partition coefficient (Wildman–Crippen LogP) is 3.13. The van der Waals surface area contributed by atoms with E-state index in [9.17, 15) is 4.79 Å². The van der Waals surface area contributed by atoms with Crippen molar-refractivity contribution < 1.29 is 4.79 Å². The third-order valence-corrected chi connectivity index (χ3v) is 3.55. The van der Waals surface area contributed by atoms with Crippen LogP contribution in [0.3, 0.4) is 0 Å². The summed E-state index contributed by atoms with van der Waals surface area (Å²) in [7, 11) is 0. The third kappa shape index (κ3) is 3.30. The second-order valence-electron chi connectivity index (χ2n) is 3.86. The summed E-state index contributed by atoms with van der Waals surface area (Å²) in [6.45, 7) is 3.83. The topological polar surface area (TPSA) is 55.1 Å². The Morgan fingerprint density at radius 3 is 2.25 bits per heavy atom. The van der Waals surface area contributed by atoms with Gasteiger partial charge in [-0.15, -0.1) is 0 Å². The Morgan fingerprint density at radius 2 is 1.81 bits per heavy atom. The summed E-state index contributed by atoms with van der Waals surface area (Å²) in [5.41, 5.74) is 6.48. The summed E-state index contributed by atoms with van der Waals surface area (Å²) in [5, 5.41) is 2.80. The minimum atomic E-state index is -0.501. The molecule has 0 bridgehead atoms. The molecule has 3 nitrogen and oxygen atoms in total. The van der Waals surface area contributed by atoms with Crippen LogP contribution in [0.2, 0.25) is 0 Å². The first-order chi connectivity index (χ1) is 7.43. The average Bonchev–Trinajstić information content (AvgIpc) is 2.22. The van der Waals surface area contributed by atoms with Gasteiger partial charge in [-0.3, -0.25) is 4.79 Å². The zero-order valence-corrected chi connectivity index (χ0v) is 12.3. The fourth-order valence-corrected chi connectivity index (χ4v) is 2.32. The van der Waals surface area contributed by atoms with E-state index in [4.69, 9.17) is 5.73 Å². The van der Waals surface area contributed by atoms with Crippen LogP contribution in [0.4, 0.5) is 5.69 Å². The number of benzene rings is 1. The maximum atomic E-state index is 11.8. The number of nitrogens with two attached hydrogens (primary N) is 1. The Bertz CT molecular complexity index is 373. The van der Waals surface area contributed by atoms with Crippen molar-refractivity contribution in [2.24, 2.45) is 11.7 Å². The SMILES string of the molecule is CC(C)[C@H](N)C(=O)Nc1c(Br)cccc1Br. The number of rotatable bonds is 3. The van der Waals surface area contributed by atoms with Crippen molar-refractivity contribution in [1.82, 2.24) is 0 Å². The molecule has 0 spiro atoms. The van der Waals surface area contributed by atoms with Crippen LogP contribution < -0.4 is 11.1 Å². The molecule has 16 heavy (non-hydrogen) atoms. The van der Waals surface area contributed by atoms with Gasteiger partial charge in [0.25, 0.3) is 0 Å². The van der Waals surface area contributed by atoms with Crippen molar-refractivity contribution >= 4 is 43.5 Å². The van der Waals surface area contributed by atoms with Gasteiger partial charge in [-0.1, -0.05) is 19.9 Å². The summed E-state index contributed by atoms with van der Waals surface area (Å²) < 4.78 is 1.65. The maximum Gasteiger partial charge on any atom is 0.241 e. The number of nitrogens with one attached hydrogen (secondary N) is 1. The minimum absolute atomic E-state index is 0.112. The predicted molar refractivity (Wildman–Crippen MR) is 73.3 cm³/mol. The summed E-state index contributed by atoms with van der Waals surface area (Å²) in [6, 6.07) is 5.10. The molecule has 0 unspecified atom stereocenters. The third-order valence-electron chi connectivity index (χ3n) is 2.23. The molecule has 0 aliphatic carbocycles. The van der Waals surface area contributed by atoms with E-state index in [-0.39, 0.29) is 11.8 Å². The molecule has 0 radical (unpaired) electrons.